The van der Waals surface area contributed by atoms with Crippen molar-refractivity contribution in [1.82, 2.24) is 0 Å². The molecule has 0 amide bonds. The molecule has 4 heteroatoms. The summed E-state index contributed by atoms with van der Waals surface area (Å²) in [5.41, 5.74) is 10.2. The van der Waals surface area contributed by atoms with Crippen LogP contribution in [0.25, 0.3) is 75.1 Å². The largest absolute Gasteiger partial charge is 2.00 e. The minimum absolute atomic E-state index is 0. The van der Waals surface area contributed by atoms with Gasteiger partial charge in [-0.2, -0.15) is 0 Å². The molecular weight excluding hydrogens is 737 g/mol. The number of hydrogen-bond acceptors (Lipinski definition) is 3. The summed E-state index contributed by atoms with van der Waals surface area (Å²) in [4.78, 5) is 6.45. The summed E-state index contributed by atoms with van der Waals surface area (Å²) in [5, 5.41) is 6.37. The van der Waals surface area contributed by atoms with E-state index in [-0.39, 0.29) is 16.5 Å². The van der Waals surface area contributed by atoms with Gasteiger partial charge in [-0.3, -0.25) is 0 Å². The monoisotopic (exact) mass is 769 g/mol. The van der Waals surface area contributed by atoms with E-state index in [0.29, 0.717) is 0 Å². The molecule has 0 saturated carbocycles. The average Bonchev–Trinajstić information content (AvgIpc) is 3.78. The molecule has 1 aliphatic carbocycles. The van der Waals surface area contributed by atoms with Crippen LogP contribution in [0.2, 0.25) is 0 Å². The van der Waals surface area contributed by atoms with E-state index in [1.54, 1.807) is 0 Å². The smallest absolute Gasteiger partial charge is 0.352 e. The quantitative estimate of drug-likeness (QED) is 0.0869. The van der Waals surface area contributed by atoms with Crippen molar-refractivity contribution in [2.45, 2.75) is 12.8 Å². The van der Waals surface area contributed by atoms with Crippen molar-refractivity contribution in [2.24, 2.45) is 4.99 Å². The molecule has 7 aromatic carbocycles. The number of aliphatic imine (C=N–C) groups is 1. The molecule has 0 N–H and O–H groups in total. The van der Waals surface area contributed by atoms with E-state index in [4.69, 9.17) is 4.99 Å². The van der Waals surface area contributed by atoms with Gasteiger partial charge in [0.15, 0.2) is 0 Å². The third kappa shape index (κ3) is 6.63. The third-order valence-electron chi connectivity index (χ3n) is 10.2. The minimum Gasteiger partial charge on any atom is -0.352 e. The van der Waals surface area contributed by atoms with Crippen molar-refractivity contribution in [3.05, 3.63) is 197 Å². The van der Waals surface area contributed by atoms with Gasteiger partial charge in [0.05, 0.1) is 0 Å². The summed E-state index contributed by atoms with van der Waals surface area (Å²) in [5.74, 6) is 0. The second-order valence-corrected chi connectivity index (χ2v) is 15.8. The van der Waals surface area contributed by atoms with Crippen LogP contribution in [0.4, 0.5) is 0 Å². The predicted molar refractivity (Wildman–Crippen MR) is 231 cm³/mol. The van der Waals surface area contributed by atoms with E-state index >= 15 is 0 Å². The van der Waals surface area contributed by atoms with E-state index in [9.17, 15) is 0 Å². The van der Waals surface area contributed by atoms with Gasteiger partial charge < -0.3 is 4.99 Å². The molecular formula is C50H33NNiS2. The van der Waals surface area contributed by atoms with Gasteiger partial charge in [-0.25, -0.2) is 0 Å². The molecule has 0 radical (unpaired) electrons. The number of allylic oxidation sites excluding steroid dienone is 2. The Kier molecular flexibility index (Phi) is 9.35. The Labute approximate surface area is 333 Å². The predicted octanol–water partition coefficient (Wildman–Crippen LogP) is 14.3. The maximum absolute atomic E-state index is 4.95. The molecule has 54 heavy (non-hydrogen) atoms. The van der Waals surface area contributed by atoms with E-state index in [0.717, 1.165) is 35.2 Å². The summed E-state index contributed by atoms with van der Waals surface area (Å²) in [6.45, 7) is 0. The molecule has 2 aromatic heterocycles. The number of benzene rings is 7. The Bertz CT molecular complexity index is 2930. The van der Waals surface area contributed by atoms with Crippen LogP contribution in [0.5, 0.6) is 0 Å². The summed E-state index contributed by atoms with van der Waals surface area (Å²) in [6.07, 6.45) is 14.5. The number of hydrogen-bond donors (Lipinski definition) is 0. The topological polar surface area (TPSA) is 12.4 Å². The van der Waals surface area contributed by atoms with Crippen molar-refractivity contribution in [3.8, 4) is 22.3 Å². The van der Waals surface area contributed by atoms with E-state index in [2.05, 4.69) is 152 Å². The second-order valence-electron chi connectivity index (χ2n) is 13.6. The molecule has 0 spiro atoms. The Morgan fingerprint density at radius 3 is 2.13 bits per heavy atom. The first-order valence-corrected chi connectivity index (χ1v) is 19.7. The number of nitrogens with zero attached hydrogens (tertiary/aromatic N) is 1. The zero-order valence-corrected chi connectivity index (χ0v) is 31.9. The Balaban J connectivity index is 0.00000384. The average molecular weight is 771 g/mol. The van der Waals surface area contributed by atoms with Crippen LogP contribution in [0.15, 0.2) is 169 Å². The van der Waals surface area contributed by atoms with Crippen molar-refractivity contribution in [3.63, 3.8) is 0 Å². The van der Waals surface area contributed by atoms with Crippen LogP contribution >= 0.6 is 22.7 Å². The third-order valence-corrected chi connectivity index (χ3v) is 12.6. The molecule has 0 fully saturated rings. The molecule has 0 bridgehead atoms. The van der Waals surface area contributed by atoms with Crippen LogP contribution in [0.3, 0.4) is 0 Å². The number of rotatable bonds is 7. The summed E-state index contributed by atoms with van der Waals surface area (Å²) < 4.78 is 4.00. The molecule has 1 aliphatic rings. The van der Waals surface area contributed by atoms with Crippen LogP contribution in [-0.2, 0) is 22.9 Å². The van der Waals surface area contributed by atoms with Crippen LogP contribution in [0.1, 0.15) is 33.6 Å². The molecule has 0 saturated heterocycles. The Morgan fingerprint density at radius 1 is 0.593 bits per heavy atom. The fraction of sp³-hybridized carbons (Fsp3) is 0.0400. The number of fused-ring (bicyclic) bond motifs is 7. The molecule has 260 valence electrons. The summed E-state index contributed by atoms with van der Waals surface area (Å²) in [6, 6.07) is 54.8. The molecule has 0 atom stereocenters. The van der Waals surface area contributed by atoms with Gasteiger partial charge in [0, 0.05) is 35.1 Å². The first-order chi connectivity index (χ1) is 26.2. The van der Waals surface area contributed by atoms with E-state index in [1.165, 1.54) is 73.7 Å². The first kappa shape index (κ1) is 34.3. The Morgan fingerprint density at radius 2 is 1.30 bits per heavy atom. The van der Waals surface area contributed by atoms with Gasteiger partial charge in [-0.15, -0.1) is 82.7 Å². The van der Waals surface area contributed by atoms with Crippen molar-refractivity contribution in [1.29, 1.82) is 0 Å². The summed E-state index contributed by atoms with van der Waals surface area (Å²) >= 11 is 3.80. The van der Waals surface area contributed by atoms with Gasteiger partial charge in [0.2, 0.25) is 0 Å². The molecule has 0 aliphatic heterocycles. The Hall–Kier alpha value is -5.51. The van der Waals surface area contributed by atoms with Crippen LogP contribution < -0.4 is 0 Å². The minimum atomic E-state index is 0. The maximum atomic E-state index is 4.95. The maximum Gasteiger partial charge on any atom is 2.00 e. The zero-order valence-electron chi connectivity index (χ0n) is 29.2. The van der Waals surface area contributed by atoms with E-state index in [1.807, 2.05) is 53.0 Å². The molecule has 10 rings (SSSR count). The SMILES string of the molecule is [C-](=N/C(=C\[CH-]c1cc(-c2ccc3sc4c(c3c2)C=CCC4)cc(-c2ccc3sc4ccccc4c3c2)c1)c1ccc2ccccc2c1)c1ccccc1.[Ni+2]. The summed E-state index contributed by atoms with van der Waals surface area (Å²) in [7, 11) is 0. The fourth-order valence-electron chi connectivity index (χ4n) is 7.48. The standard InChI is InChI=1S/C50H33NS2.Ni/c1-2-10-33(11-3-1)32-51-46(39-20-19-35-12-4-5-13-36(35)28-39)23-18-34-26-40(37-21-24-49-44(30-37)42-14-6-8-16-47(42)52-49)29-41(27-34)38-22-25-50-45(31-38)43-15-7-9-17-48(43)53-50;/h1-8,10-16,18-31H,9,17H2;/q-2;+2/b46-23-;. The number of aryl methyl sites for hydroxylation is 1. The van der Waals surface area contributed by atoms with Gasteiger partial charge in [0.1, 0.15) is 0 Å². The van der Waals surface area contributed by atoms with Gasteiger partial charge in [0.25, 0.3) is 0 Å². The van der Waals surface area contributed by atoms with Gasteiger partial charge >= 0.3 is 16.5 Å². The normalized spacial score (nSPS) is 12.9. The fourth-order valence-corrected chi connectivity index (χ4v) is 9.75. The van der Waals surface area contributed by atoms with Crippen LogP contribution in [-0.4, -0.2) is 6.21 Å². The number of thiophene rings is 2. The van der Waals surface area contributed by atoms with Crippen molar-refractivity contribution < 1.29 is 16.5 Å². The molecule has 9 aromatic rings. The van der Waals surface area contributed by atoms with Crippen molar-refractivity contribution >= 4 is 81.7 Å². The van der Waals surface area contributed by atoms with Gasteiger partial charge in [-0.05, 0) is 88.1 Å². The second kappa shape index (κ2) is 14.7. The first-order valence-electron chi connectivity index (χ1n) is 18.1. The van der Waals surface area contributed by atoms with E-state index < -0.39 is 0 Å². The molecule has 1 nitrogen and oxygen atoms in total. The zero-order chi connectivity index (χ0) is 35.1. The van der Waals surface area contributed by atoms with Crippen LogP contribution in [0, 0.1) is 6.42 Å². The molecule has 2 heterocycles. The van der Waals surface area contributed by atoms with Gasteiger partial charge in [-0.1, -0.05) is 108 Å². The van der Waals surface area contributed by atoms with Crippen molar-refractivity contribution in [2.75, 3.05) is 0 Å². The molecule has 0 unspecified atom stereocenters.